The van der Waals surface area contributed by atoms with Crippen molar-refractivity contribution < 1.29 is 57.7 Å². The third kappa shape index (κ3) is 14.6. The normalized spacial score (nSPS) is 16.9. The number of nitrogens with zero attached hydrogens (tertiary/aromatic N) is 2. The number of carboxylic acids is 1. The number of nitrogens with one attached hydrogen (secondary N) is 7. The lowest BCUT2D eigenvalue weighted by Gasteiger charge is -2.34. The maximum Gasteiger partial charge on any atom is 0.331 e. The number of aromatic amines is 2. The molecule has 374 valence electrons. The first-order chi connectivity index (χ1) is 33.2. The van der Waals surface area contributed by atoms with Crippen LogP contribution in [0.1, 0.15) is 57.9 Å². The van der Waals surface area contributed by atoms with Crippen LogP contribution in [0.15, 0.2) is 88.5 Å². The summed E-state index contributed by atoms with van der Waals surface area (Å²) in [5.41, 5.74) is 0.330. The maximum absolute atomic E-state index is 14.4. The van der Waals surface area contributed by atoms with E-state index in [1.807, 2.05) is 12.1 Å². The van der Waals surface area contributed by atoms with Crippen molar-refractivity contribution >= 4 is 70.2 Å². The van der Waals surface area contributed by atoms with Crippen LogP contribution in [0.2, 0.25) is 0 Å². The number of likely N-dealkylation sites (N-methyl/N-ethyl adjacent to an activating group) is 1. The van der Waals surface area contributed by atoms with Crippen LogP contribution in [0, 0.1) is 0 Å². The number of aromatic nitrogens is 3. The SMILES string of the molecule is CSCCC(NC(=O)NC(Cc1c[nH]c2ccccc12)C(=O)O)C(=O)NC(C(=O)N/C=C1\C[C@H](OC(C)=O)[C@@H](n2ccc(=O)[nH]c2=O)O1)C(C)N(C)C(=O)C(Cc1cccc(OC(C)=O)c1)NC(C)=O. The Morgan fingerprint density at radius 1 is 0.914 bits per heavy atom. The van der Waals surface area contributed by atoms with Crippen LogP contribution in [0.3, 0.4) is 0 Å². The zero-order valence-electron chi connectivity index (χ0n) is 39.1. The highest BCUT2D eigenvalue weighted by Gasteiger charge is 2.39. The van der Waals surface area contributed by atoms with Crippen molar-refractivity contribution in [3.63, 3.8) is 0 Å². The van der Waals surface area contributed by atoms with Crippen LogP contribution >= 0.6 is 11.8 Å². The lowest BCUT2D eigenvalue weighted by molar-refractivity contribution is -0.151. The van der Waals surface area contributed by atoms with Gasteiger partial charge < -0.3 is 55.8 Å². The van der Waals surface area contributed by atoms with Gasteiger partial charge in [0, 0.05) is 82.6 Å². The van der Waals surface area contributed by atoms with Gasteiger partial charge in [-0.15, -0.1) is 0 Å². The number of ether oxygens (including phenoxy) is 3. The van der Waals surface area contributed by atoms with Gasteiger partial charge in [0.2, 0.25) is 29.9 Å². The number of benzene rings is 2. The highest BCUT2D eigenvalue weighted by molar-refractivity contribution is 7.98. The van der Waals surface area contributed by atoms with E-state index in [2.05, 4.69) is 36.6 Å². The smallest absolute Gasteiger partial charge is 0.331 e. The minimum Gasteiger partial charge on any atom is -0.480 e. The van der Waals surface area contributed by atoms with E-state index in [0.29, 0.717) is 16.9 Å². The Bertz CT molecular complexity index is 2750. The van der Waals surface area contributed by atoms with Gasteiger partial charge in [-0.05, 0) is 54.7 Å². The average Bonchev–Trinajstić information content (AvgIpc) is 3.90. The molecule has 24 heteroatoms. The molecule has 1 fully saturated rings. The van der Waals surface area contributed by atoms with Crippen LogP contribution in [-0.2, 0) is 55.9 Å². The van der Waals surface area contributed by atoms with Gasteiger partial charge in [-0.1, -0.05) is 30.3 Å². The predicted octanol–water partition coefficient (Wildman–Crippen LogP) is 0.947. The molecule has 8 N–H and O–H groups in total. The maximum atomic E-state index is 14.4. The molecular weight excluding hydrogens is 935 g/mol. The summed E-state index contributed by atoms with van der Waals surface area (Å²) in [5.74, 6) is -5.19. The second-order valence-electron chi connectivity index (χ2n) is 16.3. The second-order valence-corrected chi connectivity index (χ2v) is 17.3. The summed E-state index contributed by atoms with van der Waals surface area (Å²) in [6.45, 7) is 5.01. The van der Waals surface area contributed by atoms with Gasteiger partial charge >= 0.3 is 29.6 Å². The highest BCUT2D eigenvalue weighted by Crippen LogP contribution is 2.32. The molecule has 2 aromatic heterocycles. The Balaban J connectivity index is 1.42. The van der Waals surface area contributed by atoms with Crippen molar-refractivity contribution in [3.8, 4) is 5.75 Å². The van der Waals surface area contributed by atoms with E-state index in [1.54, 1.807) is 36.7 Å². The zero-order valence-corrected chi connectivity index (χ0v) is 39.9. The highest BCUT2D eigenvalue weighted by atomic mass is 32.2. The molecule has 5 rings (SSSR count). The van der Waals surface area contributed by atoms with Crippen LogP contribution < -0.4 is 42.6 Å². The number of aliphatic carboxylic acids is 1. The van der Waals surface area contributed by atoms with Gasteiger partial charge in [0.1, 0.15) is 35.7 Å². The quantitative estimate of drug-likeness (QED) is 0.0426. The van der Waals surface area contributed by atoms with Crippen LogP contribution in [0.4, 0.5) is 4.79 Å². The molecule has 1 aliphatic heterocycles. The van der Waals surface area contributed by atoms with Gasteiger partial charge in [0.15, 0.2) is 6.10 Å². The Morgan fingerprint density at radius 3 is 2.31 bits per heavy atom. The standard InChI is InChI=1S/C46H55N9O14S/c1-24(54(5)42(62)35(49-25(2)56)19-28-10-9-11-30(18-28)67-26(3)57)39(41(61)48-23-31-21-37(68-27(4)58)43(69-31)55-16-14-38(59)52-46(55)66)53-40(60)34(15-17-70-6)50-45(65)51-36(44(63)64)20-29-22-47-33-13-8-7-12-32(29)33/h7-14,16,18,22-24,34-37,39,43,47H,15,17,19-21H2,1-6H3,(H,48,61)(H,49,56)(H,53,60)(H,63,64)(H2,50,51,65)(H,52,59,66)/b31-23+/t24?,34?,35?,36?,37-,39?,43-/m0/s1. The van der Waals surface area contributed by atoms with E-state index in [0.717, 1.165) is 45.8 Å². The first kappa shape index (κ1) is 53.1. The van der Waals surface area contributed by atoms with Crippen molar-refractivity contribution in [2.45, 2.75) is 95.9 Å². The lowest BCUT2D eigenvalue weighted by atomic mass is 10.0. The largest absolute Gasteiger partial charge is 0.480 e. The van der Waals surface area contributed by atoms with E-state index in [9.17, 15) is 53.1 Å². The number of carboxylic acid groups (broad SMARTS) is 1. The fraction of sp³-hybridized carbons (Fsp3) is 0.391. The fourth-order valence-electron chi connectivity index (χ4n) is 7.58. The number of esters is 2. The van der Waals surface area contributed by atoms with Crippen molar-refractivity contribution in [1.82, 2.24) is 46.0 Å². The third-order valence-corrected chi connectivity index (χ3v) is 11.7. The number of carbonyl (C=O) groups excluding carboxylic acids is 7. The topological polar surface area (TPSA) is 319 Å². The van der Waals surface area contributed by atoms with Crippen LogP contribution in [0.5, 0.6) is 5.75 Å². The van der Waals surface area contributed by atoms with E-state index in [-0.39, 0.29) is 37.2 Å². The number of thioether (sulfide) groups is 1. The summed E-state index contributed by atoms with van der Waals surface area (Å²) in [7, 11) is 1.34. The van der Waals surface area contributed by atoms with E-state index in [1.165, 1.54) is 51.7 Å². The number of hydrogen-bond donors (Lipinski definition) is 8. The first-order valence-corrected chi connectivity index (χ1v) is 23.2. The molecule has 4 aromatic rings. The van der Waals surface area contributed by atoms with Gasteiger partial charge in [-0.3, -0.25) is 43.1 Å². The molecule has 3 heterocycles. The summed E-state index contributed by atoms with van der Waals surface area (Å²) in [4.78, 5) is 136. The summed E-state index contributed by atoms with van der Waals surface area (Å²) < 4.78 is 17.5. The Hall–Kier alpha value is -7.89. The Morgan fingerprint density at radius 2 is 1.64 bits per heavy atom. The first-order valence-electron chi connectivity index (χ1n) is 21.8. The zero-order chi connectivity index (χ0) is 51.2. The van der Waals surface area contributed by atoms with Gasteiger partial charge in [0.25, 0.3) is 5.56 Å². The molecule has 0 radical (unpaired) electrons. The number of amides is 6. The number of carbonyl (C=O) groups is 8. The summed E-state index contributed by atoms with van der Waals surface area (Å²) in [5, 5.41) is 23.6. The molecule has 0 bridgehead atoms. The summed E-state index contributed by atoms with van der Waals surface area (Å²) >= 11 is 1.34. The van der Waals surface area contributed by atoms with E-state index < -0.39 is 101 Å². The van der Waals surface area contributed by atoms with Crippen molar-refractivity contribution in [2.24, 2.45) is 0 Å². The number of H-pyrrole nitrogens is 2. The second kappa shape index (κ2) is 24.4. The van der Waals surface area contributed by atoms with Crippen LogP contribution in [0.25, 0.3) is 10.9 Å². The molecule has 0 aliphatic carbocycles. The molecule has 1 aliphatic rings. The van der Waals surface area contributed by atoms with Gasteiger partial charge in [-0.2, -0.15) is 11.8 Å². The molecule has 70 heavy (non-hydrogen) atoms. The predicted molar refractivity (Wildman–Crippen MR) is 253 cm³/mol. The minimum atomic E-state index is -1.62. The Labute approximate surface area is 404 Å². The summed E-state index contributed by atoms with van der Waals surface area (Å²) in [6.07, 6.45) is 2.94. The number of fused-ring (bicyclic) bond motifs is 1. The number of urea groups is 1. The number of para-hydroxylation sites is 1. The number of hydrogen-bond acceptors (Lipinski definition) is 14. The third-order valence-electron chi connectivity index (χ3n) is 11.0. The fourth-order valence-corrected chi connectivity index (χ4v) is 8.06. The molecule has 2 aromatic carbocycles. The monoisotopic (exact) mass is 989 g/mol. The average molecular weight is 990 g/mol. The van der Waals surface area contributed by atoms with E-state index >= 15 is 0 Å². The van der Waals surface area contributed by atoms with E-state index in [4.69, 9.17) is 14.2 Å². The number of rotatable bonds is 21. The molecule has 0 saturated carbocycles. The molecule has 0 spiro atoms. The van der Waals surface area contributed by atoms with Crippen molar-refractivity contribution in [3.05, 3.63) is 111 Å². The van der Waals surface area contributed by atoms with Crippen LogP contribution in [-0.4, -0.2) is 127 Å². The molecule has 6 amide bonds. The molecule has 5 unspecified atom stereocenters. The van der Waals surface area contributed by atoms with Crippen molar-refractivity contribution in [2.75, 3.05) is 19.1 Å². The van der Waals surface area contributed by atoms with Gasteiger partial charge in [-0.25, -0.2) is 14.4 Å². The molecule has 1 saturated heterocycles. The molecular formula is C46H55N9O14S. The van der Waals surface area contributed by atoms with Gasteiger partial charge in [0.05, 0.1) is 6.04 Å². The Kier molecular flexibility index (Phi) is 18.5. The summed E-state index contributed by atoms with van der Waals surface area (Å²) in [6, 6.07) is 6.74. The molecule has 23 nitrogen and oxygen atoms in total. The lowest BCUT2D eigenvalue weighted by Crippen LogP contribution is -2.62. The van der Waals surface area contributed by atoms with Crippen molar-refractivity contribution in [1.29, 1.82) is 0 Å². The molecule has 7 atom stereocenters. The minimum absolute atomic E-state index is 0.00312.